The number of phosphoric ester groups is 1. The zero-order valence-corrected chi connectivity index (χ0v) is 52.2. The number of phosphoric acid groups is 1. The first-order valence-corrected chi connectivity index (χ1v) is 34.5. The largest absolute Gasteiger partial charge is 0.472 e. The highest BCUT2D eigenvalue weighted by molar-refractivity contribution is 7.47. The van der Waals surface area contributed by atoms with E-state index in [0.717, 1.165) is 64.2 Å². The Morgan fingerprint density at radius 2 is 0.789 bits per heavy atom. The average Bonchev–Trinajstić information content (AvgIpc) is 3.38. The van der Waals surface area contributed by atoms with Crippen molar-refractivity contribution in [3.63, 3.8) is 0 Å². The van der Waals surface area contributed by atoms with Gasteiger partial charge in [-0.15, -0.1) is 0 Å². The monoisotopic (exact) mass is 1090 g/mol. The number of hydrogen-bond acceptors (Lipinski definition) is 5. The van der Waals surface area contributed by atoms with E-state index in [2.05, 4.69) is 67.8 Å². The van der Waals surface area contributed by atoms with Crippen molar-refractivity contribution >= 4 is 13.7 Å². The Bertz CT molecular complexity index is 1380. The first kappa shape index (κ1) is 74.5. The SMILES string of the molecule is CC/C=C\C/C=C\C/C=C\C/C=C\CCCCCCCCCCCCCCCCCCC(=O)NC(COP(=O)(O)OCC[N+](C)(C)C)C(O)CCCCCCCCCCCCCCCCCCCCCCCCCCC. The molecule has 0 aliphatic heterocycles. The number of allylic oxidation sites excluding steroid dienone is 8. The van der Waals surface area contributed by atoms with Gasteiger partial charge >= 0.3 is 7.82 Å². The molecule has 3 atom stereocenters. The predicted octanol–water partition coefficient (Wildman–Crippen LogP) is 20.7. The highest BCUT2D eigenvalue weighted by atomic mass is 31.2. The molecule has 8 nitrogen and oxygen atoms in total. The van der Waals surface area contributed by atoms with Crippen LogP contribution in [0.3, 0.4) is 0 Å². The normalized spacial score (nSPS) is 14.0. The van der Waals surface area contributed by atoms with Crippen molar-refractivity contribution in [1.29, 1.82) is 0 Å². The molecule has 0 aromatic carbocycles. The van der Waals surface area contributed by atoms with E-state index in [1.54, 1.807) is 0 Å². The third kappa shape index (κ3) is 60.1. The second-order valence-electron chi connectivity index (χ2n) is 23.8. The van der Waals surface area contributed by atoms with Crippen molar-refractivity contribution in [3.05, 3.63) is 48.6 Å². The number of carbonyl (C=O) groups excluding carboxylic acids is 1. The fourth-order valence-electron chi connectivity index (χ4n) is 9.98. The van der Waals surface area contributed by atoms with Crippen molar-refractivity contribution in [2.75, 3.05) is 40.9 Å². The maximum atomic E-state index is 13.1. The molecule has 448 valence electrons. The average molecular weight is 1090 g/mol. The third-order valence-corrected chi connectivity index (χ3v) is 16.1. The lowest BCUT2D eigenvalue weighted by Crippen LogP contribution is -2.46. The van der Waals surface area contributed by atoms with Crippen LogP contribution < -0.4 is 5.32 Å². The number of hydrogen-bond donors (Lipinski definition) is 3. The van der Waals surface area contributed by atoms with Crippen molar-refractivity contribution in [3.8, 4) is 0 Å². The van der Waals surface area contributed by atoms with Crippen molar-refractivity contribution in [2.45, 2.75) is 334 Å². The van der Waals surface area contributed by atoms with E-state index in [9.17, 15) is 19.4 Å². The van der Waals surface area contributed by atoms with Gasteiger partial charge < -0.3 is 19.8 Å². The number of aliphatic hydroxyl groups is 1. The van der Waals surface area contributed by atoms with E-state index in [1.807, 2.05) is 21.1 Å². The summed E-state index contributed by atoms with van der Waals surface area (Å²) in [4.78, 5) is 23.4. The summed E-state index contributed by atoms with van der Waals surface area (Å²) in [7, 11) is 1.63. The van der Waals surface area contributed by atoms with Crippen LogP contribution >= 0.6 is 7.82 Å². The summed E-state index contributed by atoms with van der Waals surface area (Å²) in [5, 5.41) is 14.1. The first-order chi connectivity index (χ1) is 37.0. The molecule has 0 radical (unpaired) electrons. The zero-order valence-electron chi connectivity index (χ0n) is 51.3. The number of likely N-dealkylation sites (N-methyl/N-ethyl adjacent to an activating group) is 1. The fourth-order valence-corrected chi connectivity index (χ4v) is 10.7. The molecule has 9 heteroatoms. The molecule has 3 N–H and O–H groups in total. The van der Waals surface area contributed by atoms with E-state index < -0.39 is 20.0 Å². The van der Waals surface area contributed by atoms with Crippen molar-refractivity contribution in [2.24, 2.45) is 0 Å². The molecule has 0 rings (SSSR count). The van der Waals surface area contributed by atoms with Gasteiger partial charge in [0.15, 0.2) is 0 Å². The van der Waals surface area contributed by atoms with Gasteiger partial charge in [-0.05, 0) is 51.4 Å². The number of quaternary nitrogens is 1. The van der Waals surface area contributed by atoms with Crippen LogP contribution in [0.15, 0.2) is 48.6 Å². The molecule has 0 aromatic heterocycles. The van der Waals surface area contributed by atoms with Crippen LogP contribution in [0.25, 0.3) is 0 Å². The second kappa shape index (κ2) is 58.1. The topological polar surface area (TPSA) is 105 Å². The van der Waals surface area contributed by atoms with Crippen LogP contribution in [0.1, 0.15) is 322 Å². The standard InChI is InChI=1S/C67H129N2O6P/c1-6-8-10-12-14-16-18-20-22-24-26-28-30-32-33-34-35-37-39-41-43-45-47-49-51-53-55-57-59-61-67(71)68-65(64-75-76(72,73)74-63-62-69(3,4)5)66(70)60-58-56-54-52-50-48-46-44-42-40-38-36-31-29-27-25-23-21-19-17-15-13-11-9-7-2/h8,10,14,16,20,22,26,28,65-66,70H,6-7,9,11-13,15,17-19,21,23-25,27,29-64H2,1-5H3,(H-,68,71,72,73)/p+1/b10-8-,16-14-,22-20-,28-26-. The van der Waals surface area contributed by atoms with Gasteiger partial charge in [-0.3, -0.25) is 13.8 Å². The second-order valence-corrected chi connectivity index (χ2v) is 25.3. The lowest BCUT2D eigenvalue weighted by molar-refractivity contribution is -0.870. The molecule has 0 saturated heterocycles. The maximum absolute atomic E-state index is 13.1. The van der Waals surface area contributed by atoms with Gasteiger partial charge in [0.1, 0.15) is 13.2 Å². The molecule has 0 fully saturated rings. The number of nitrogens with zero attached hydrogens (tertiary/aromatic N) is 1. The first-order valence-electron chi connectivity index (χ1n) is 33.0. The van der Waals surface area contributed by atoms with Crippen LogP contribution in [-0.2, 0) is 18.4 Å². The van der Waals surface area contributed by atoms with E-state index in [1.165, 1.54) is 231 Å². The maximum Gasteiger partial charge on any atom is 0.472 e. The summed E-state index contributed by atoms with van der Waals surface area (Å²) in [6.45, 7) is 4.82. The Kier molecular flexibility index (Phi) is 56.9. The number of carbonyl (C=O) groups is 1. The summed E-state index contributed by atoms with van der Waals surface area (Å²) < 4.78 is 23.9. The van der Waals surface area contributed by atoms with Crippen LogP contribution in [0.2, 0.25) is 0 Å². The Hall–Kier alpha value is -1.54. The number of rotatable bonds is 61. The Morgan fingerprint density at radius 1 is 0.461 bits per heavy atom. The molecule has 0 aliphatic carbocycles. The van der Waals surface area contributed by atoms with E-state index >= 15 is 0 Å². The molecule has 0 saturated carbocycles. The minimum absolute atomic E-state index is 0.0754. The number of nitrogens with one attached hydrogen (secondary N) is 1. The van der Waals surface area contributed by atoms with Crippen molar-refractivity contribution in [1.82, 2.24) is 5.32 Å². The van der Waals surface area contributed by atoms with Crippen molar-refractivity contribution < 1.29 is 32.9 Å². The molecule has 0 aliphatic rings. The molecule has 3 unspecified atom stereocenters. The molecule has 0 aromatic rings. The molecule has 0 spiro atoms. The lowest BCUT2D eigenvalue weighted by atomic mass is 10.0. The Morgan fingerprint density at radius 3 is 1.16 bits per heavy atom. The molecular weight excluding hydrogens is 960 g/mol. The molecule has 76 heavy (non-hydrogen) atoms. The Labute approximate surface area is 473 Å². The van der Waals surface area contributed by atoms with E-state index in [-0.39, 0.29) is 19.1 Å². The molecule has 0 heterocycles. The van der Waals surface area contributed by atoms with Gasteiger partial charge in [0.2, 0.25) is 5.91 Å². The Balaban J connectivity index is 4.06. The van der Waals surface area contributed by atoms with Gasteiger partial charge in [0.05, 0.1) is 39.9 Å². The van der Waals surface area contributed by atoms with Crippen LogP contribution in [0.4, 0.5) is 0 Å². The lowest BCUT2D eigenvalue weighted by Gasteiger charge is -2.26. The number of amides is 1. The van der Waals surface area contributed by atoms with E-state index in [4.69, 9.17) is 9.05 Å². The van der Waals surface area contributed by atoms with Gasteiger partial charge in [0, 0.05) is 6.42 Å². The number of unbranched alkanes of at least 4 members (excludes halogenated alkanes) is 40. The van der Waals surface area contributed by atoms with Crippen LogP contribution in [-0.4, -0.2) is 73.4 Å². The summed E-state index contributed by atoms with van der Waals surface area (Å²) in [5.74, 6) is -0.140. The summed E-state index contributed by atoms with van der Waals surface area (Å²) in [6.07, 6.45) is 77.6. The quantitative estimate of drug-likeness (QED) is 0.0243. The van der Waals surface area contributed by atoms with E-state index in [0.29, 0.717) is 23.9 Å². The predicted molar refractivity (Wildman–Crippen MR) is 332 cm³/mol. The smallest absolute Gasteiger partial charge is 0.391 e. The minimum Gasteiger partial charge on any atom is -0.391 e. The number of aliphatic hydroxyl groups excluding tert-OH is 1. The molecule has 1 amide bonds. The summed E-state index contributed by atoms with van der Waals surface area (Å²) >= 11 is 0. The van der Waals surface area contributed by atoms with Crippen LogP contribution in [0, 0.1) is 0 Å². The zero-order chi connectivity index (χ0) is 55.6. The molecule has 0 bridgehead atoms. The minimum atomic E-state index is -4.33. The third-order valence-electron chi connectivity index (χ3n) is 15.1. The highest BCUT2D eigenvalue weighted by Gasteiger charge is 2.28. The van der Waals surface area contributed by atoms with Crippen LogP contribution in [0.5, 0.6) is 0 Å². The van der Waals surface area contributed by atoms with Gasteiger partial charge in [-0.25, -0.2) is 4.57 Å². The molecular formula is C67H130N2O6P+. The highest BCUT2D eigenvalue weighted by Crippen LogP contribution is 2.43. The van der Waals surface area contributed by atoms with Gasteiger partial charge in [0.25, 0.3) is 0 Å². The summed E-state index contributed by atoms with van der Waals surface area (Å²) in [6, 6.07) is -0.762. The fraction of sp³-hybridized carbons (Fsp3) is 0.866. The van der Waals surface area contributed by atoms with Gasteiger partial charge in [-0.2, -0.15) is 0 Å². The van der Waals surface area contributed by atoms with Gasteiger partial charge in [-0.1, -0.05) is 313 Å². The summed E-state index contributed by atoms with van der Waals surface area (Å²) in [5.41, 5.74) is 0.